The first-order chi connectivity index (χ1) is 9.61. The normalized spacial score (nSPS) is 46.9. The smallest absolute Gasteiger partial charge is 0.234 e. The number of hydrogen-bond acceptors (Lipinski definition) is 2. The summed E-state index contributed by atoms with van der Waals surface area (Å²) in [7, 11) is 0. The van der Waals surface area contributed by atoms with Crippen LogP contribution in [0.1, 0.15) is 51.9 Å². The molecule has 4 saturated carbocycles. The average molecular weight is 276 g/mol. The van der Waals surface area contributed by atoms with Crippen LogP contribution in [0, 0.1) is 23.2 Å². The molecule has 0 aromatic carbocycles. The van der Waals surface area contributed by atoms with E-state index in [2.05, 4.69) is 17.1 Å². The Morgan fingerprint density at radius 2 is 1.80 bits per heavy atom. The van der Waals surface area contributed by atoms with Crippen LogP contribution in [0.25, 0.3) is 0 Å². The molecule has 1 saturated heterocycles. The molecule has 2 atom stereocenters. The zero-order valence-corrected chi connectivity index (χ0v) is 12.7. The molecule has 1 aliphatic heterocycles. The molecule has 3 nitrogen and oxygen atoms in total. The van der Waals surface area contributed by atoms with Gasteiger partial charge in [0.15, 0.2) is 0 Å². The number of nitrogens with zero attached hydrogens (tertiary/aromatic N) is 1. The molecule has 4 aliphatic carbocycles. The summed E-state index contributed by atoms with van der Waals surface area (Å²) in [5.41, 5.74) is 0.604. The van der Waals surface area contributed by atoms with E-state index in [1.54, 1.807) is 0 Å². The summed E-state index contributed by atoms with van der Waals surface area (Å²) in [6.45, 7) is 5.35. The Hall–Kier alpha value is -0.570. The predicted molar refractivity (Wildman–Crippen MR) is 79.3 cm³/mol. The highest BCUT2D eigenvalue weighted by Gasteiger charge is 2.53. The van der Waals surface area contributed by atoms with Gasteiger partial charge in [0.1, 0.15) is 0 Å². The van der Waals surface area contributed by atoms with Crippen molar-refractivity contribution in [2.45, 2.75) is 57.9 Å². The van der Waals surface area contributed by atoms with E-state index in [4.69, 9.17) is 0 Å². The Morgan fingerprint density at radius 1 is 1.15 bits per heavy atom. The van der Waals surface area contributed by atoms with Crippen LogP contribution in [0.4, 0.5) is 0 Å². The molecule has 1 amide bonds. The van der Waals surface area contributed by atoms with Gasteiger partial charge in [0.25, 0.3) is 0 Å². The van der Waals surface area contributed by atoms with Crippen molar-refractivity contribution in [3.05, 3.63) is 0 Å². The highest BCUT2D eigenvalue weighted by molar-refractivity contribution is 5.78. The maximum Gasteiger partial charge on any atom is 0.234 e. The Bertz CT molecular complexity index is 386. The van der Waals surface area contributed by atoms with Gasteiger partial charge in [-0.15, -0.1) is 0 Å². The Balaban J connectivity index is 1.38. The topological polar surface area (TPSA) is 32.3 Å². The van der Waals surface area contributed by atoms with Gasteiger partial charge in [-0.1, -0.05) is 6.92 Å². The summed E-state index contributed by atoms with van der Waals surface area (Å²) in [5.74, 6) is 2.79. The lowest BCUT2D eigenvalue weighted by Gasteiger charge is -2.59. The maximum atomic E-state index is 12.3. The molecule has 20 heavy (non-hydrogen) atoms. The second-order valence-electron chi connectivity index (χ2n) is 8.36. The largest absolute Gasteiger partial charge is 0.352 e. The van der Waals surface area contributed by atoms with E-state index >= 15 is 0 Å². The van der Waals surface area contributed by atoms with Crippen LogP contribution in [0.2, 0.25) is 0 Å². The molecule has 5 rings (SSSR count). The van der Waals surface area contributed by atoms with Crippen molar-refractivity contribution in [2.24, 2.45) is 23.2 Å². The molecule has 112 valence electrons. The monoisotopic (exact) mass is 276 g/mol. The molecule has 1 heterocycles. The van der Waals surface area contributed by atoms with Crippen molar-refractivity contribution >= 4 is 5.91 Å². The number of hydrogen-bond donors (Lipinski definition) is 1. The van der Waals surface area contributed by atoms with E-state index in [0.29, 0.717) is 18.0 Å². The van der Waals surface area contributed by atoms with Gasteiger partial charge >= 0.3 is 0 Å². The van der Waals surface area contributed by atoms with Gasteiger partial charge in [0.2, 0.25) is 5.91 Å². The molecule has 4 bridgehead atoms. The summed E-state index contributed by atoms with van der Waals surface area (Å²) >= 11 is 0. The molecule has 0 spiro atoms. The summed E-state index contributed by atoms with van der Waals surface area (Å²) in [4.78, 5) is 14.6. The van der Waals surface area contributed by atoms with E-state index in [1.807, 2.05) is 0 Å². The van der Waals surface area contributed by atoms with Crippen LogP contribution in [-0.4, -0.2) is 36.5 Å². The number of likely N-dealkylation sites (tertiary alicyclic amines) is 1. The fourth-order valence-corrected chi connectivity index (χ4v) is 6.04. The number of rotatable bonds is 3. The molecule has 0 aromatic heterocycles. The third-order valence-corrected chi connectivity index (χ3v) is 6.47. The first-order valence-electron chi connectivity index (χ1n) is 8.63. The molecule has 5 fully saturated rings. The predicted octanol–water partition coefficient (Wildman–Crippen LogP) is 2.41. The van der Waals surface area contributed by atoms with Gasteiger partial charge in [-0.2, -0.15) is 0 Å². The zero-order valence-electron chi connectivity index (χ0n) is 12.7. The number of amides is 1. The van der Waals surface area contributed by atoms with Crippen molar-refractivity contribution in [3.63, 3.8) is 0 Å². The second-order valence-corrected chi connectivity index (χ2v) is 8.36. The van der Waals surface area contributed by atoms with Gasteiger partial charge in [0.05, 0.1) is 6.54 Å². The molecule has 0 radical (unpaired) electrons. The number of carbonyl (C=O) groups excluding carboxylic acids is 1. The highest BCUT2D eigenvalue weighted by atomic mass is 16.2. The fraction of sp³-hybridized carbons (Fsp3) is 0.941. The van der Waals surface area contributed by atoms with Gasteiger partial charge in [-0.3, -0.25) is 9.69 Å². The van der Waals surface area contributed by atoms with Crippen LogP contribution >= 0.6 is 0 Å². The maximum absolute atomic E-state index is 12.3. The van der Waals surface area contributed by atoms with Crippen molar-refractivity contribution in [1.29, 1.82) is 0 Å². The molecule has 3 heteroatoms. The average Bonchev–Trinajstić information content (AvgIpc) is 2.84. The minimum Gasteiger partial charge on any atom is -0.352 e. The summed E-state index contributed by atoms with van der Waals surface area (Å²) in [6, 6.07) is 0.495. The lowest BCUT2D eigenvalue weighted by atomic mass is 9.48. The van der Waals surface area contributed by atoms with Crippen LogP contribution < -0.4 is 5.32 Å². The molecular formula is C17H28N2O. The quantitative estimate of drug-likeness (QED) is 0.858. The lowest BCUT2D eigenvalue weighted by molar-refractivity contribution is -0.128. The molecule has 5 aliphatic rings. The van der Waals surface area contributed by atoms with E-state index < -0.39 is 0 Å². The SMILES string of the molecule is CC12CC3CC(C1)C(NC(=O)CN1CCCC1)C(C3)C2. The van der Waals surface area contributed by atoms with Crippen LogP contribution in [-0.2, 0) is 4.79 Å². The van der Waals surface area contributed by atoms with Gasteiger partial charge < -0.3 is 5.32 Å². The summed E-state index contributed by atoms with van der Waals surface area (Å²) in [5, 5.41) is 3.43. The van der Waals surface area contributed by atoms with E-state index in [-0.39, 0.29) is 5.91 Å². The molecule has 2 unspecified atom stereocenters. The van der Waals surface area contributed by atoms with Crippen LogP contribution in [0.15, 0.2) is 0 Å². The van der Waals surface area contributed by atoms with Crippen LogP contribution in [0.5, 0.6) is 0 Å². The zero-order chi connectivity index (χ0) is 13.7. The first-order valence-corrected chi connectivity index (χ1v) is 8.63. The Kier molecular flexibility index (Phi) is 3.10. The van der Waals surface area contributed by atoms with Crippen LogP contribution in [0.3, 0.4) is 0 Å². The second kappa shape index (κ2) is 4.72. The molecular weight excluding hydrogens is 248 g/mol. The minimum atomic E-state index is 0.287. The van der Waals surface area contributed by atoms with E-state index in [0.717, 1.165) is 30.8 Å². The summed E-state index contributed by atoms with van der Waals surface area (Å²) < 4.78 is 0. The van der Waals surface area contributed by atoms with Gasteiger partial charge in [-0.25, -0.2) is 0 Å². The standard InChI is InChI=1S/C17H28N2O/c1-17-8-12-6-13(9-17)16(14(7-12)10-17)18-15(20)11-19-4-2-3-5-19/h12-14,16H,2-11H2,1H3,(H,18,20). The van der Waals surface area contributed by atoms with Gasteiger partial charge in [0, 0.05) is 6.04 Å². The van der Waals surface area contributed by atoms with Crippen molar-refractivity contribution in [3.8, 4) is 0 Å². The fourth-order valence-electron chi connectivity index (χ4n) is 6.04. The van der Waals surface area contributed by atoms with Crippen molar-refractivity contribution < 1.29 is 4.79 Å². The molecule has 1 N–H and O–H groups in total. The summed E-state index contributed by atoms with van der Waals surface area (Å²) in [6.07, 6.45) is 9.45. The van der Waals surface area contributed by atoms with E-state index in [9.17, 15) is 4.79 Å². The Morgan fingerprint density at radius 3 is 2.40 bits per heavy atom. The highest BCUT2D eigenvalue weighted by Crippen LogP contribution is 2.59. The minimum absolute atomic E-state index is 0.287. The van der Waals surface area contributed by atoms with E-state index in [1.165, 1.54) is 44.9 Å². The molecule has 0 aromatic rings. The van der Waals surface area contributed by atoms with Crippen molar-refractivity contribution in [2.75, 3.05) is 19.6 Å². The Labute approximate surface area is 122 Å². The lowest BCUT2D eigenvalue weighted by Crippen LogP contribution is -2.59. The van der Waals surface area contributed by atoms with Crippen molar-refractivity contribution in [1.82, 2.24) is 10.2 Å². The number of carbonyl (C=O) groups is 1. The van der Waals surface area contributed by atoms with Gasteiger partial charge in [-0.05, 0) is 81.2 Å². The third kappa shape index (κ3) is 2.28. The number of nitrogens with one attached hydrogen (secondary N) is 1. The third-order valence-electron chi connectivity index (χ3n) is 6.47. The first kappa shape index (κ1) is 13.1.